The lowest BCUT2D eigenvalue weighted by Gasteiger charge is -1.94. The Bertz CT molecular complexity index is 273. The molecule has 0 fully saturated rings. The largest absolute Gasteiger partial charge is 0.384 e. The van der Waals surface area contributed by atoms with Crippen LogP contribution in [0.4, 0.5) is 5.69 Å². The summed E-state index contributed by atoms with van der Waals surface area (Å²) in [6.45, 7) is 1.11. The minimum Gasteiger partial charge on any atom is -0.384 e. The zero-order chi connectivity index (χ0) is 8.93. The van der Waals surface area contributed by atoms with Crippen LogP contribution in [0.25, 0.3) is 0 Å². The second-order valence-corrected chi connectivity index (χ2v) is 3.38. The quantitative estimate of drug-likeness (QED) is 0.595. The number of para-hydroxylation sites is 1. The molecule has 0 radical (unpaired) electrons. The summed E-state index contributed by atoms with van der Waals surface area (Å²) in [5.41, 5.74) is 2.77. The summed E-state index contributed by atoms with van der Waals surface area (Å²) in [5.74, 6) is 0. The van der Waals surface area contributed by atoms with Crippen LogP contribution < -0.4 is 5.32 Å². The van der Waals surface area contributed by atoms with Gasteiger partial charge in [0.1, 0.15) is 0 Å². The van der Waals surface area contributed by atoms with Gasteiger partial charge in [-0.1, -0.05) is 30.4 Å². The zero-order valence-corrected chi connectivity index (χ0v) is 7.79. The van der Waals surface area contributed by atoms with Gasteiger partial charge in [0.05, 0.1) is 0 Å². The summed E-state index contributed by atoms with van der Waals surface area (Å²) in [5, 5.41) is 3.30. The van der Waals surface area contributed by atoms with E-state index in [-0.39, 0.29) is 0 Å². The first-order valence-electron chi connectivity index (χ1n) is 4.93. The summed E-state index contributed by atoms with van der Waals surface area (Å²) < 4.78 is 0. The van der Waals surface area contributed by atoms with Crippen molar-refractivity contribution in [3.63, 3.8) is 0 Å². The smallest absolute Gasteiger partial charge is 0.0373 e. The molecule has 3 rings (SSSR count). The van der Waals surface area contributed by atoms with Crippen LogP contribution in [0.5, 0.6) is 0 Å². The second-order valence-electron chi connectivity index (χ2n) is 3.38. The van der Waals surface area contributed by atoms with Crippen molar-refractivity contribution in [2.75, 3.05) is 11.9 Å². The van der Waals surface area contributed by atoms with Gasteiger partial charge in [0.2, 0.25) is 0 Å². The van der Waals surface area contributed by atoms with Gasteiger partial charge in [-0.2, -0.15) is 0 Å². The van der Waals surface area contributed by atoms with Crippen molar-refractivity contribution in [2.45, 2.75) is 19.3 Å². The molecule has 1 nitrogen and oxygen atoms in total. The highest BCUT2D eigenvalue weighted by Crippen LogP contribution is 2.19. The minimum absolute atomic E-state index is 1.11. The van der Waals surface area contributed by atoms with Crippen LogP contribution in [0.1, 0.15) is 18.4 Å². The van der Waals surface area contributed by atoms with Gasteiger partial charge >= 0.3 is 0 Å². The van der Waals surface area contributed by atoms with E-state index in [1.165, 1.54) is 30.5 Å². The summed E-state index contributed by atoms with van der Waals surface area (Å²) in [6, 6.07) is 8.46. The Labute approximate surface area is 79.5 Å². The standard InChI is InChI=1S/C8H9N.C4H6/c1-2-4-8-7(3-1)5-6-9-8;1-2-4-3-1/h1-4,9H,5-6H2;1-2H,3-4H2. The highest BCUT2D eigenvalue weighted by Gasteiger charge is 2.05. The van der Waals surface area contributed by atoms with Gasteiger partial charge < -0.3 is 5.32 Å². The lowest BCUT2D eigenvalue weighted by Crippen LogP contribution is -1.90. The van der Waals surface area contributed by atoms with Gasteiger partial charge in [-0.05, 0) is 30.9 Å². The number of hydrogen-bond donors (Lipinski definition) is 1. The number of allylic oxidation sites excluding steroid dienone is 2. The molecule has 0 unspecified atom stereocenters. The van der Waals surface area contributed by atoms with E-state index in [0.29, 0.717) is 0 Å². The molecule has 1 heteroatoms. The molecule has 1 heterocycles. The molecule has 0 spiro atoms. The van der Waals surface area contributed by atoms with Crippen LogP contribution >= 0.6 is 0 Å². The Balaban J connectivity index is 0.000000137. The summed E-state index contributed by atoms with van der Waals surface area (Å²) >= 11 is 0. The SMILES string of the molecule is C1=CCC1.c1ccc2c(c1)CCN2. The molecule has 0 bridgehead atoms. The number of hydrogen-bond acceptors (Lipinski definition) is 1. The maximum atomic E-state index is 3.30. The topological polar surface area (TPSA) is 12.0 Å². The van der Waals surface area contributed by atoms with Crippen molar-refractivity contribution in [3.8, 4) is 0 Å². The van der Waals surface area contributed by atoms with Gasteiger partial charge in [-0.3, -0.25) is 0 Å². The van der Waals surface area contributed by atoms with Crippen molar-refractivity contribution in [1.29, 1.82) is 0 Å². The molecule has 0 aromatic heterocycles. The van der Waals surface area contributed by atoms with E-state index >= 15 is 0 Å². The molecule has 1 aromatic carbocycles. The van der Waals surface area contributed by atoms with E-state index in [1.54, 1.807) is 0 Å². The Kier molecular flexibility index (Phi) is 2.65. The molecule has 68 valence electrons. The Morgan fingerprint density at radius 3 is 2.31 bits per heavy atom. The molecular weight excluding hydrogens is 158 g/mol. The maximum absolute atomic E-state index is 3.30. The molecule has 0 saturated carbocycles. The molecule has 0 amide bonds. The molecule has 1 aliphatic heterocycles. The Hall–Kier alpha value is -1.24. The fourth-order valence-electron chi connectivity index (χ4n) is 1.41. The number of rotatable bonds is 0. The van der Waals surface area contributed by atoms with E-state index in [9.17, 15) is 0 Å². The number of benzene rings is 1. The highest BCUT2D eigenvalue weighted by molar-refractivity contribution is 5.54. The van der Waals surface area contributed by atoms with Gasteiger partial charge in [0.25, 0.3) is 0 Å². The van der Waals surface area contributed by atoms with Crippen molar-refractivity contribution < 1.29 is 0 Å². The summed E-state index contributed by atoms with van der Waals surface area (Å²) in [6.07, 6.45) is 8.19. The van der Waals surface area contributed by atoms with E-state index < -0.39 is 0 Å². The highest BCUT2D eigenvalue weighted by atomic mass is 14.9. The number of anilines is 1. The lowest BCUT2D eigenvalue weighted by molar-refractivity contribution is 0.962. The fourth-order valence-corrected chi connectivity index (χ4v) is 1.41. The van der Waals surface area contributed by atoms with Crippen LogP contribution in [0.3, 0.4) is 0 Å². The van der Waals surface area contributed by atoms with Crippen LogP contribution in [0.2, 0.25) is 0 Å². The predicted octanol–water partition coefficient (Wildman–Crippen LogP) is 2.99. The first-order valence-corrected chi connectivity index (χ1v) is 4.93. The number of nitrogens with one attached hydrogen (secondary N) is 1. The van der Waals surface area contributed by atoms with Gasteiger partial charge in [0.15, 0.2) is 0 Å². The summed E-state index contributed by atoms with van der Waals surface area (Å²) in [7, 11) is 0. The van der Waals surface area contributed by atoms with Crippen LogP contribution in [-0.2, 0) is 6.42 Å². The average Bonchev–Trinajstić information content (AvgIpc) is 2.47. The van der Waals surface area contributed by atoms with E-state index in [0.717, 1.165) is 6.54 Å². The van der Waals surface area contributed by atoms with E-state index in [4.69, 9.17) is 0 Å². The van der Waals surface area contributed by atoms with Crippen LogP contribution in [-0.4, -0.2) is 6.54 Å². The molecule has 0 atom stereocenters. The first kappa shape index (κ1) is 8.36. The van der Waals surface area contributed by atoms with Crippen LogP contribution in [0, 0.1) is 0 Å². The van der Waals surface area contributed by atoms with Crippen molar-refractivity contribution in [1.82, 2.24) is 0 Å². The third-order valence-corrected chi connectivity index (χ3v) is 2.39. The minimum atomic E-state index is 1.11. The van der Waals surface area contributed by atoms with Crippen molar-refractivity contribution in [3.05, 3.63) is 42.0 Å². The fraction of sp³-hybridized carbons (Fsp3) is 0.333. The molecular formula is C12H15N. The van der Waals surface area contributed by atoms with Crippen molar-refractivity contribution >= 4 is 5.69 Å². The third kappa shape index (κ3) is 2.11. The Morgan fingerprint density at radius 1 is 1.00 bits per heavy atom. The molecule has 1 N–H and O–H groups in total. The van der Waals surface area contributed by atoms with E-state index in [2.05, 4.69) is 41.7 Å². The molecule has 0 saturated heterocycles. The van der Waals surface area contributed by atoms with Gasteiger partial charge in [-0.25, -0.2) is 0 Å². The van der Waals surface area contributed by atoms with Gasteiger partial charge in [0, 0.05) is 12.2 Å². The third-order valence-electron chi connectivity index (χ3n) is 2.39. The van der Waals surface area contributed by atoms with Gasteiger partial charge in [-0.15, -0.1) is 0 Å². The monoisotopic (exact) mass is 173 g/mol. The van der Waals surface area contributed by atoms with E-state index in [1.807, 2.05) is 0 Å². The zero-order valence-electron chi connectivity index (χ0n) is 7.79. The normalized spacial score (nSPS) is 16.3. The number of fused-ring (bicyclic) bond motifs is 1. The lowest BCUT2D eigenvalue weighted by atomic mass is 10.1. The first-order chi connectivity index (χ1) is 6.47. The average molecular weight is 173 g/mol. The second kappa shape index (κ2) is 4.13. The molecule has 13 heavy (non-hydrogen) atoms. The van der Waals surface area contributed by atoms with Crippen LogP contribution in [0.15, 0.2) is 36.4 Å². The molecule has 2 aliphatic rings. The Morgan fingerprint density at radius 2 is 1.69 bits per heavy atom. The predicted molar refractivity (Wildman–Crippen MR) is 57.0 cm³/mol. The maximum Gasteiger partial charge on any atom is 0.0373 e. The molecule has 1 aromatic rings. The van der Waals surface area contributed by atoms with Crippen molar-refractivity contribution in [2.24, 2.45) is 0 Å². The molecule has 1 aliphatic carbocycles. The summed E-state index contributed by atoms with van der Waals surface area (Å²) in [4.78, 5) is 0.